The van der Waals surface area contributed by atoms with Crippen LogP contribution in [0.1, 0.15) is 34.7 Å². The summed E-state index contributed by atoms with van der Waals surface area (Å²) < 4.78 is 5.18. The molecule has 0 aliphatic heterocycles. The first-order chi connectivity index (χ1) is 12.4. The number of nitrogens with one attached hydrogen (secondary N) is 2. The number of aromatic nitrogens is 1. The van der Waals surface area contributed by atoms with Gasteiger partial charge in [-0.25, -0.2) is 4.79 Å². The Bertz CT molecular complexity index is 945. The Balaban J connectivity index is 1.69. The lowest BCUT2D eigenvalue weighted by Crippen LogP contribution is -2.13. The normalized spacial score (nSPS) is 10.9. The second kappa shape index (κ2) is 7.62. The zero-order chi connectivity index (χ0) is 18.7. The highest BCUT2D eigenvalue weighted by molar-refractivity contribution is 6.35. The first-order valence-electron chi connectivity index (χ1n) is 8.30. The standard InChI is InChI=1S/C20H19ClN2O3/c1-12(2)11-26-20(25)13-6-8-15(9-7-13)22-19(24)17-10-14-4-3-5-16(21)18(14)23-17/h3-10,12,23H,11H2,1-2H3,(H,22,24). The monoisotopic (exact) mass is 370 g/mol. The Hall–Kier alpha value is -2.79. The van der Waals surface area contributed by atoms with Crippen molar-refractivity contribution in [1.82, 2.24) is 4.98 Å². The largest absolute Gasteiger partial charge is 0.462 e. The zero-order valence-electron chi connectivity index (χ0n) is 14.5. The molecule has 0 unspecified atom stereocenters. The number of carbonyl (C=O) groups excluding carboxylic acids is 2. The fourth-order valence-electron chi connectivity index (χ4n) is 2.46. The van der Waals surface area contributed by atoms with Gasteiger partial charge in [-0.3, -0.25) is 4.79 Å². The smallest absolute Gasteiger partial charge is 0.338 e. The van der Waals surface area contributed by atoms with Crippen molar-refractivity contribution in [3.63, 3.8) is 0 Å². The average molecular weight is 371 g/mol. The van der Waals surface area contributed by atoms with Crippen LogP contribution < -0.4 is 5.32 Å². The predicted molar refractivity (Wildman–Crippen MR) is 103 cm³/mol. The van der Waals surface area contributed by atoms with Gasteiger partial charge in [0.05, 0.1) is 22.7 Å². The summed E-state index contributed by atoms with van der Waals surface area (Å²) in [7, 11) is 0. The second-order valence-corrected chi connectivity index (χ2v) is 6.82. The third kappa shape index (κ3) is 4.06. The average Bonchev–Trinajstić information content (AvgIpc) is 3.06. The summed E-state index contributed by atoms with van der Waals surface area (Å²) in [5.41, 5.74) is 2.16. The summed E-state index contributed by atoms with van der Waals surface area (Å²) in [6, 6.07) is 13.8. The van der Waals surface area contributed by atoms with E-state index in [1.54, 1.807) is 36.4 Å². The highest BCUT2D eigenvalue weighted by Crippen LogP contribution is 2.24. The molecule has 0 saturated carbocycles. The lowest BCUT2D eigenvalue weighted by molar-refractivity contribution is 0.0459. The molecule has 2 aromatic carbocycles. The molecule has 0 saturated heterocycles. The summed E-state index contributed by atoms with van der Waals surface area (Å²) in [6.07, 6.45) is 0. The molecule has 0 fully saturated rings. The highest BCUT2D eigenvalue weighted by atomic mass is 35.5. The molecule has 6 heteroatoms. The van der Waals surface area contributed by atoms with Crippen LogP contribution in [0, 0.1) is 5.92 Å². The number of anilines is 1. The minimum absolute atomic E-state index is 0.280. The van der Waals surface area contributed by atoms with Crippen LogP contribution in [0.2, 0.25) is 5.02 Å². The summed E-state index contributed by atoms with van der Waals surface area (Å²) in [6.45, 7) is 4.33. The highest BCUT2D eigenvalue weighted by Gasteiger charge is 2.12. The molecule has 3 rings (SSSR count). The predicted octanol–water partition coefficient (Wildman–Crippen LogP) is 4.89. The lowest BCUT2D eigenvalue weighted by atomic mass is 10.2. The number of benzene rings is 2. The van der Waals surface area contributed by atoms with Gasteiger partial charge in [0.15, 0.2) is 0 Å². The van der Waals surface area contributed by atoms with E-state index in [-0.39, 0.29) is 17.8 Å². The third-order valence-corrected chi connectivity index (χ3v) is 4.09. The van der Waals surface area contributed by atoms with Crippen LogP contribution in [0.15, 0.2) is 48.5 Å². The molecule has 0 aliphatic carbocycles. The Morgan fingerprint density at radius 2 is 1.88 bits per heavy atom. The van der Waals surface area contributed by atoms with E-state index in [4.69, 9.17) is 16.3 Å². The SMILES string of the molecule is CC(C)COC(=O)c1ccc(NC(=O)c2cc3cccc(Cl)c3[nH]2)cc1. The molecule has 5 nitrogen and oxygen atoms in total. The number of H-pyrrole nitrogens is 1. The van der Waals surface area contributed by atoms with Crippen LogP contribution in [0.5, 0.6) is 0 Å². The number of carbonyl (C=O) groups is 2. The summed E-state index contributed by atoms with van der Waals surface area (Å²) in [5.74, 6) is -0.378. The number of halogens is 1. The van der Waals surface area contributed by atoms with Gasteiger partial charge < -0.3 is 15.0 Å². The van der Waals surface area contributed by atoms with Crippen molar-refractivity contribution in [2.45, 2.75) is 13.8 Å². The van der Waals surface area contributed by atoms with Gasteiger partial charge in [-0.1, -0.05) is 37.6 Å². The molecule has 2 N–H and O–H groups in total. The number of para-hydroxylation sites is 1. The Kier molecular flexibility index (Phi) is 5.28. The van der Waals surface area contributed by atoms with Crippen molar-refractivity contribution in [2.24, 2.45) is 5.92 Å². The first kappa shape index (κ1) is 18.0. The molecule has 0 bridgehead atoms. The number of fused-ring (bicyclic) bond motifs is 1. The summed E-state index contributed by atoms with van der Waals surface area (Å²) in [5, 5.41) is 4.22. The van der Waals surface area contributed by atoms with Gasteiger partial charge in [0, 0.05) is 11.1 Å². The number of amides is 1. The maximum Gasteiger partial charge on any atom is 0.338 e. The van der Waals surface area contributed by atoms with Crippen LogP contribution in [-0.4, -0.2) is 23.5 Å². The van der Waals surface area contributed by atoms with Gasteiger partial charge in [-0.15, -0.1) is 0 Å². The number of hydrogen-bond donors (Lipinski definition) is 2. The van der Waals surface area contributed by atoms with E-state index in [0.717, 1.165) is 10.9 Å². The van der Waals surface area contributed by atoms with E-state index >= 15 is 0 Å². The van der Waals surface area contributed by atoms with E-state index in [0.29, 0.717) is 28.6 Å². The van der Waals surface area contributed by atoms with Gasteiger partial charge in [0.2, 0.25) is 0 Å². The van der Waals surface area contributed by atoms with Crippen molar-refractivity contribution in [3.8, 4) is 0 Å². The molecule has 134 valence electrons. The van der Waals surface area contributed by atoms with Gasteiger partial charge >= 0.3 is 5.97 Å². The molecule has 0 aliphatic rings. The topological polar surface area (TPSA) is 71.2 Å². The third-order valence-electron chi connectivity index (χ3n) is 3.78. The molecule has 1 heterocycles. The minimum atomic E-state index is -0.373. The quantitative estimate of drug-likeness (QED) is 0.628. The fraction of sp³-hybridized carbons (Fsp3) is 0.200. The number of ether oxygens (including phenoxy) is 1. The van der Waals surface area contributed by atoms with E-state index in [9.17, 15) is 9.59 Å². The molecular weight excluding hydrogens is 352 g/mol. The van der Waals surface area contributed by atoms with Gasteiger partial charge in [-0.2, -0.15) is 0 Å². The Morgan fingerprint density at radius 3 is 2.54 bits per heavy atom. The van der Waals surface area contributed by atoms with Gasteiger partial charge in [0.25, 0.3) is 5.91 Å². The molecular formula is C20H19ClN2O3. The molecule has 26 heavy (non-hydrogen) atoms. The minimum Gasteiger partial charge on any atom is -0.462 e. The van der Waals surface area contributed by atoms with Crippen molar-refractivity contribution >= 4 is 40.1 Å². The molecule has 0 atom stereocenters. The van der Waals surface area contributed by atoms with Crippen molar-refractivity contribution < 1.29 is 14.3 Å². The van der Waals surface area contributed by atoms with Gasteiger partial charge in [-0.05, 0) is 42.3 Å². The lowest BCUT2D eigenvalue weighted by Gasteiger charge is -2.08. The Morgan fingerprint density at radius 1 is 1.15 bits per heavy atom. The van der Waals surface area contributed by atoms with Crippen LogP contribution in [0.25, 0.3) is 10.9 Å². The van der Waals surface area contributed by atoms with E-state index in [1.165, 1.54) is 0 Å². The molecule has 1 aromatic heterocycles. The fourth-order valence-corrected chi connectivity index (χ4v) is 2.68. The molecule has 0 spiro atoms. The number of aromatic amines is 1. The van der Waals surface area contributed by atoms with Crippen LogP contribution in [0.4, 0.5) is 5.69 Å². The van der Waals surface area contributed by atoms with E-state index in [2.05, 4.69) is 10.3 Å². The molecule has 1 amide bonds. The van der Waals surface area contributed by atoms with Gasteiger partial charge in [0.1, 0.15) is 5.69 Å². The zero-order valence-corrected chi connectivity index (χ0v) is 15.3. The summed E-state index contributed by atoms with van der Waals surface area (Å²) >= 11 is 6.12. The van der Waals surface area contributed by atoms with Crippen LogP contribution in [-0.2, 0) is 4.74 Å². The second-order valence-electron chi connectivity index (χ2n) is 6.41. The Labute approximate surface area is 156 Å². The van der Waals surface area contributed by atoms with E-state index < -0.39 is 0 Å². The van der Waals surface area contributed by atoms with Crippen LogP contribution >= 0.6 is 11.6 Å². The molecule has 0 radical (unpaired) electrons. The molecule has 3 aromatic rings. The van der Waals surface area contributed by atoms with E-state index in [1.807, 2.05) is 26.0 Å². The van der Waals surface area contributed by atoms with Crippen molar-refractivity contribution in [2.75, 3.05) is 11.9 Å². The number of rotatable bonds is 5. The number of esters is 1. The number of hydrogen-bond acceptors (Lipinski definition) is 3. The van der Waals surface area contributed by atoms with Crippen molar-refractivity contribution in [3.05, 3.63) is 64.8 Å². The first-order valence-corrected chi connectivity index (χ1v) is 8.67. The maximum absolute atomic E-state index is 12.4. The summed E-state index contributed by atoms with van der Waals surface area (Å²) in [4.78, 5) is 27.3. The van der Waals surface area contributed by atoms with Crippen LogP contribution in [0.3, 0.4) is 0 Å². The van der Waals surface area contributed by atoms with Crippen molar-refractivity contribution in [1.29, 1.82) is 0 Å². The maximum atomic E-state index is 12.4.